The van der Waals surface area contributed by atoms with Gasteiger partial charge in [0.2, 0.25) is 0 Å². The Bertz CT molecular complexity index is 222. The van der Waals surface area contributed by atoms with E-state index in [0.29, 0.717) is 45.5 Å². The Balaban J connectivity index is 4.48. The van der Waals surface area contributed by atoms with Crippen molar-refractivity contribution < 1.29 is 23.8 Å². The van der Waals surface area contributed by atoms with Crippen molar-refractivity contribution in [1.82, 2.24) is 0 Å². The summed E-state index contributed by atoms with van der Waals surface area (Å²) in [5, 5.41) is 0. The van der Waals surface area contributed by atoms with Crippen LogP contribution in [0.15, 0.2) is 0 Å². The van der Waals surface area contributed by atoms with E-state index in [-0.39, 0.29) is 18.3 Å². The van der Waals surface area contributed by atoms with Crippen LogP contribution in [0, 0.1) is 0 Å². The van der Waals surface area contributed by atoms with Crippen molar-refractivity contribution in [3.05, 3.63) is 0 Å². The first-order valence-electron chi connectivity index (χ1n) is 7.43. The predicted molar refractivity (Wildman–Crippen MR) is 76.8 cm³/mol. The summed E-state index contributed by atoms with van der Waals surface area (Å²) >= 11 is 0. The Morgan fingerprint density at radius 3 is 1.35 bits per heavy atom. The van der Waals surface area contributed by atoms with Crippen molar-refractivity contribution in [2.24, 2.45) is 0 Å². The van der Waals surface area contributed by atoms with Crippen LogP contribution in [0.5, 0.6) is 0 Å². The van der Waals surface area contributed by atoms with Crippen LogP contribution >= 0.6 is 0 Å². The first-order valence-corrected chi connectivity index (χ1v) is 7.43. The molecule has 0 fully saturated rings. The van der Waals surface area contributed by atoms with Gasteiger partial charge < -0.3 is 23.8 Å². The lowest BCUT2D eigenvalue weighted by Crippen LogP contribution is -2.29. The second kappa shape index (κ2) is 13.2. The van der Waals surface area contributed by atoms with E-state index in [2.05, 4.69) is 0 Å². The monoisotopic (exact) mass is 288 g/mol. The van der Waals surface area contributed by atoms with Crippen LogP contribution in [-0.2, 0) is 23.8 Å². The highest BCUT2D eigenvalue weighted by Gasteiger charge is 2.21. The van der Waals surface area contributed by atoms with Gasteiger partial charge >= 0.3 is 0 Å². The molecule has 2 unspecified atom stereocenters. The maximum atomic E-state index is 10.7. The Kier molecular flexibility index (Phi) is 12.7. The number of aldehydes is 2. The minimum Gasteiger partial charge on any atom is -0.378 e. The van der Waals surface area contributed by atoms with E-state index in [1.807, 2.05) is 20.8 Å². The lowest BCUT2D eigenvalue weighted by molar-refractivity contribution is -0.112. The summed E-state index contributed by atoms with van der Waals surface area (Å²) in [6.07, 6.45) is 3.43. The molecule has 0 saturated heterocycles. The molecule has 0 radical (unpaired) electrons. The summed E-state index contributed by atoms with van der Waals surface area (Å²) < 4.78 is 16.8. The normalized spacial score (nSPS) is 15.6. The number of hydrogen-bond acceptors (Lipinski definition) is 5. The predicted octanol–water partition coefficient (Wildman–Crippen LogP) is 2.16. The summed E-state index contributed by atoms with van der Waals surface area (Å²) in [4.78, 5) is 21.3. The SMILES string of the molecule is CCOC(CC=O)CC(CC(CC=O)OCC)OCC. The van der Waals surface area contributed by atoms with Gasteiger partial charge in [0.15, 0.2) is 0 Å². The molecule has 0 spiro atoms. The van der Waals surface area contributed by atoms with Gasteiger partial charge in [0.25, 0.3) is 0 Å². The molecule has 5 nitrogen and oxygen atoms in total. The van der Waals surface area contributed by atoms with Crippen LogP contribution < -0.4 is 0 Å². The molecule has 0 aromatic heterocycles. The summed E-state index contributed by atoms with van der Waals surface area (Å²) in [5.74, 6) is 0. The molecule has 118 valence electrons. The maximum Gasteiger partial charge on any atom is 0.122 e. The van der Waals surface area contributed by atoms with E-state index in [1.165, 1.54) is 0 Å². The highest BCUT2D eigenvalue weighted by atomic mass is 16.5. The largest absolute Gasteiger partial charge is 0.378 e. The van der Waals surface area contributed by atoms with Crippen LogP contribution in [-0.4, -0.2) is 50.7 Å². The standard InChI is InChI=1S/C15H28O5/c1-4-18-13(7-9-16)11-15(20-6-3)12-14(8-10-17)19-5-2/h9-10,13-15H,4-8,11-12H2,1-3H3. The fourth-order valence-electron chi connectivity index (χ4n) is 2.21. The van der Waals surface area contributed by atoms with Crippen LogP contribution in [0.25, 0.3) is 0 Å². The van der Waals surface area contributed by atoms with Crippen molar-refractivity contribution in [3.63, 3.8) is 0 Å². The molecular formula is C15H28O5. The average Bonchev–Trinajstić information content (AvgIpc) is 2.40. The van der Waals surface area contributed by atoms with Crippen LogP contribution in [0.2, 0.25) is 0 Å². The fourth-order valence-corrected chi connectivity index (χ4v) is 2.21. The van der Waals surface area contributed by atoms with Crippen molar-refractivity contribution in [2.45, 2.75) is 64.8 Å². The van der Waals surface area contributed by atoms with Crippen LogP contribution in [0.4, 0.5) is 0 Å². The zero-order valence-electron chi connectivity index (χ0n) is 12.9. The molecule has 0 aliphatic carbocycles. The molecule has 2 atom stereocenters. The van der Waals surface area contributed by atoms with Gasteiger partial charge in [-0.2, -0.15) is 0 Å². The van der Waals surface area contributed by atoms with E-state index in [9.17, 15) is 9.59 Å². The molecule has 0 heterocycles. The van der Waals surface area contributed by atoms with Gasteiger partial charge in [0, 0.05) is 45.5 Å². The molecule has 0 rings (SSSR count). The van der Waals surface area contributed by atoms with Gasteiger partial charge in [-0.05, 0) is 20.8 Å². The second-order valence-corrected chi connectivity index (χ2v) is 4.51. The molecule has 0 N–H and O–H groups in total. The summed E-state index contributed by atoms with van der Waals surface area (Å²) in [6, 6.07) is 0. The Hall–Kier alpha value is -0.780. The van der Waals surface area contributed by atoms with E-state index >= 15 is 0 Å². The number of rotatable bonds is 14. The van der Waals surface area contributed by atoms with Crippen molar-refractivity contribution in [3.8, 4) is 0 Å². The van der Waals surface area contributed by atoms with Gasteiger partial charge in [-0.25, -0.2) is 0 Å². The van der Waals surface area contributed by atoms with E-state index < -0.39 is 0 Å². The van der Waals surface area contributed by atoms with Gasteiger partial charge in [0.1, 0.15) is 12.6 Å². The highest BCUT2D eigenvalue weighted by Crippen LogP contribution is 2.17. The molecule has 5 heteroatoms. The Labute approximate surface area is 122 Å². The maximum absolute atomic E-state index is 10.7. The third-order valence-electron chi connectivity index (χ3n) is 2.98. The molecule has 0 aromatic carbocycles. The van der Waals surface area contributed by atoms with E-state index in [0.717, 1.165) is 12.6 Å². The van der Waals surface area contributed by atoms with Gasteiger partial charge in [0.05, 0.1) is 18.3 Å². The molecule has 0 aliphatic heterocycles. The zero-order chi connectivity index (χ0) is 15.2. The quantitative estimate of drug-likeness (QED) is 0.458. The molecular weight excluding hydrogens is 260 g/mol. The number of carbonyl (C=O) groups excluding carboxylic acids is 2. The topological polar surface area (TPSA) is 61.8 Å². The summed E-state index contributed by atoms with van der Waals surface area (Å²) in [7, 11) is 0. The average molecular weight is 288 g/mol. The fraction of sp³-hybridized carbons (Fsp3) is 0.867. The molecule has 0 amide bonds. The first kappa shape index (κ1) is 19.2. The number of carbonyl (C=O) groups is 2. The molecule has 0 aliphatic rings. The molecule has 20 heavy (non-hydrogen) atoms. The third-order valence-corrected chi connectivity index (χ3v) is 2.98. The lowest BCUT2D eigenvalue weighted by atomic mass is 10.0. The van der Waals surface area contributed by atoms with Gasteiger partial charge in [-0.15, -0.1) is 0 Å². The Morgan fingerprint density at radius 1 is 0.700 bits per heavy atom. The van der Waals surface area contributed by atoms with Crippen LogP contribution in [0.1, 0.15) is 46.5 Å². The molecule has 0 bridgehead atoms. The van der Waals surface area contributed by atoms with Crippen LogP contribution in [0.3, 0.4) is 0 Å². The smallest absolute Gasteiger partial charge is 0.122 e. The second-order valence-electron chi connectivity index (χ2n) is 4.51. The minimum atomic E-state index is -0.132. The van der Waals surface area contributed by atoms with Crippen molar-refractivity contribution >= 4 is 12.6 Å². The van der Waals surface area contributed by atoms with E-state index in [4.69, 9.17) is 14.2 Å². The molecule has 0 saturated carbocycles. The van der Waals surface area contributed by atoms with Gasteiger partial charge in [-0.3, -0.25) is 0 Å². The van der Waals surface area contributed by atoms with Crippen molar-refractivity contribution in [1.29, 1.82) is 0 Å². The highest BCUT2D eigenvalue weighted by molar-refractivity contribution is 5.50. The van der Waals surface area contributed by atoms with Gasteiger partial charge in [-0.1, -0.05) is 0 Å². The lowest BCUT2D eigenvalue weighted by Gasteiger charge is -2.25. The molecule has 0 aromatic rings. The van der Waals surface area contributed by atoms with E-state index in [1.54, 1.807) is 0 Å². The summed E-state index contributed by atoms with van der Waals surface area (Å²) in [6.45, 7) is 7.47. The summed E-state index contributed by atoms with van der Waals surface area (Å²) in [5.41, 5.74) is 0. The zero-order valence-corrected chi connectivity index (χ0v) is 12.9. The number of hydrogen-bond donors (Lipinski definition) is 0. The first-order chi connectivity index (χ1) is 9.71. The number of ether oxygens (including phenoxy) is 3. The Morgan fingerprint density at radius 2 is 1.05 bits per heavy atom. The third kappa shape index (κ3) is 9.18. The minimum absolute atomic E-state index is 0.0620. The van der Waals surface area contributed by atoms with Crippen molar-refractivity contribution in [2.75, 3.05) is 19.8 Å².